The number of carbonyl (C=O) groups excluding carboxylic acids is 1. The Morgan fingerprint density at radius 1 is 1.47 bits per heavy atom. The number of rotatable bonds is 1. The van der Waals surface area contributed by atoms with Crippen LogP contribution in [0.15, 0.2) is 16.7 Å². The number of halogens is 1. The smallest absolute Gasteiger partial charge is 0.360 e. The summed E-state index contributed by atoms with van der Waals surface area (Å²) in [5.41, 5.74) is 0.278. The summed E-state index contributed by atoms with van der Waals surface area (Å²) in [6.45, 7) is 5.44. The van der Waals surface area contributed by atoms with Crippen LogP contribution in [0.4, 0.5) is 0 Å². The zero-order chi connectivity index (χ0) is 12.6. The molecule has 0 bridgehead atoms. The highest BCUT2D eigenvalue weighted by Crippen LogP contribution is 2.20. The fourth-order valence-corrected chi connectivity index (χ4v) is 1.69. The van der Waals surface area contributed by atoms with Crippen molar-refractivity contribution in [3.05, 3.63) is 22.4 Å². The zero-order valence-corrected chi connectivity index (χ0v) is 11.3. The lowest BCUT2D eigenvalue weighted by Gasteiger charge is -2.18. The summed E-state index contributed by atoms with van der Waals surface area (Å²) in [5.74, 6) is -0.455. The van der Waals surface area contributed by atoms with Crippen molar-refractivity contribution >= 4 is 32.9 Å². The SMILES string of the molecule is CC(C)(C)OC(=O)c1n[nH]c2ncc(Br)cc12. The van der Waals surface area contributed by atoms with Crippen LogP contribution in [0.25, 0.3) is 11.0 Å². The number of H-pyrrole nitrogens is 1. The Balaban J connectivity index is 2.42. The van der Waals surface area contributed by atoms with Gasteiger partial charge in [0.25, 0.3) is 0 Å². The highest BCUT2D eigenvalue weighted by atomic mass is 79.9. The first kappa shape index (κ1) is 12.0. The van der Waals surface area contributed by atoms with Crippen LogP contribution in [-0.4, -0.2) is 26.8 Å². The summed E-state index contributed by atoms with van der Waals surface area (Å²) in [6.07, 6.45) is 1.64. The molecule has 0 saturated carbocycles. The molecular weight excluding hydrogens is 286 g/mol. The number of fused-ring (bicyclic) bond motifs is 1. The summed E-state index contributed by atoms with van der Waals surface area (Å²) in [6, 6.07) is 1.78. The summed E-state index contributed by atoms with van der Waals surface area (Å²) >= 11 is 3.31. The fraction of sp³-hybridized carbons (Fsp3) is 0.364. The molecule has 0 atom stereocenters. The lowest BCUT2D eigenvalue weighted by molar-refractivity contribution is 0.00651. The molecule has 0 radical (unpaired) electrons. The van der Waals surface area contributed by atoms with Crippen LogP contribution >= 0.6 is 15.9 Å². The molecule has 1 N–H and O–H groups in total. The van der Waals surface area contributed by atoms with E-state index in [0.717, 1.165) is 4.47 Å². The molecule has 0 unspecified atom stereocenters. The molecule has 0 fully saturated rings. The average molecular weight is 298 g/mol. The minimum Gasteiger partial charge on any atom is -0.455 e. The molecule has 17 heavy (non-hydrogen) atoms. The van der Waals surface area contributed by atoms with Crippen LogP contribution < -0.4 is 0 Å². The van der Waals surface area contributed by atoms with Crippen molar-refractivity contribution in [3.63, 3.8) is 0 Å². The van der Waals surface area contributed by atoms with Crippen molar-refractivity contribution in [2.75, 3.05) is 0 Å². The van der Waals surface area contributed by atoms with Gasteiger partial charge in [0.05, 0.1) is 5.39 Å². The molecule has 5 nitrogen and oxygen atoms in total. The standard InChI is InChI=1S/C11H12BrN3O2/c1-11(2,3)17-10(16)8-7-4-6(12)5-13-9(7)15-14-8/h4-5H,1-3H3,(H,13,14,15). The molecule has 0 aliphatic rings. The molecule has 2 aromatic heterocycles. The molecule has 2 heterocycles. The van der Waals surface area contributed by atoms with E-state index in [1.54, 1.807) is 12.3 Å². The molecule has 6 heteroatoms. The molecule has 0 aromatic carbocycles. The van der Waals surface area contributed by atoms with Gasteiger partial charge in [-0.05, 0) is 42.8 Å². The van der Waals surface area contributed by atoms with Gasteiger partial charge >= 0.3 is 5.97 Å². The number of esters is 1. The van der Waals surface area contributed by atoms with Gasteiger partial charge in [0.2, 0.25) is 0 Å². The molecule has 90 valence electrons. The van der Waals surface area contributed by atoms with E-state index in [0.29, 0.717) is 11.0 Å². The first-order valence-electron chi connectivity index (χ1n) is 5.10. The van der Waals surface area contributed by atoms with Crippen LogP contribution in [0, 0.1) is 0 Å². The van der Waals surface area contributed by atoms with Gasteiger partial charge in [-0.3, -0.25) is 5.10 Å². The van der Waals surface area contributed by atoms with Crippen molar-refractivity contribution in [3.8, 4) is 0 Å². The van der Waals surface area contributed by atoms with E-state index in [2.05, 4.69) is 31.1 Å². The van der Waals surface area contributed by atoms with Crippen molar-refractivity contribution in [2.24, 2.45) is 0 Å². The minimum atomic E-state index is -0.540. The van der Waals surface area contributed by atoms with Gasteiger partial charge in [0.1, 0.15) is 5.60 Å². The normalized spacial score (nSPS) is 11.8. The second kappa shape index (κ2) is 4.10. The molecule has 0 amide bonds. The van der Waals surface area contributed by atoms with E-state index in [9.17, 15) is 4.79 Å². The van der Waals surface area contributed by atoms with Gasteiger partial charge in [-0.15, -0.1) is 0 Å². The molecule has 0 aliphatic carbocycles. The molecular formula is C11H12BrN3O2. The van der Waals surface area contributed by atoms with Crippen molar-refractivity contribution in [1.82, 2.24) is 15.2 Å². The number of pyridine rings is 1. The summed E-state index contributed by atoms with van der Waals surface area (Å²) in [7, 11) is 0. The Morgan fingerprint density at radius 2 is 2.18 bits per heavy atom. The van der Waals surface area contributed by atoms with Gasteiger partial charge in [0, 0.05) is 10.7 Å². The van der Waals surface area contributed by atoms with Crippen LogP contribution in [-0.2, 0) is 4.74 Å². The summed E-state index contributed by atoms with van der Waals surface area (Å²) in [5, 5.41) is 7.28. The number of hydrogen-bond donors (Lipinski definition) is 1. The molecule has 0 spiro atoms. The third-order valence-electron chi connectivity index (χ3n) is 1.98. The maximum absolute atomic E-state index is 11.9. The number of aromatic nitrogens is 3. The highest BCUT2D eigenvalue weighted by molar-refractivity contribution is 9.10. The third kappa shape index (κ3) is 2.63. The maximum Gasteiger partial charge on any atom is 0.360 e. The predicted molar refractivity (Wildman–Crippen MR) is 66.8 cm³/mol. The van der Waals surface area contributed by atoms with Crippen LogP contribution in [0.1, 0.15) is 31.3 Å². The quantitative estimate of drug-likeness (QED) is 0.822. The van der Waals surface area contributed by atoms with Crippen LogP contribution in [0.2, 0.25) is 0 Å². The van der Waals surface area contributed by atoms with E-state index in [-0.39, 0.29) is 5.69 Å². The average Bonchev–Trinajstić information content (AvgIpc) is 2.57. The Morgan fingerprint density at radius 3 is 2.82 bits per heavy atom. The molecule has 0 saturated heterocycles. The van der Waals surface area contributed by atoms with Gasteiger partial charge in [0.15, 0.2) is 11.3 Å². The number of ether oxygens (including phenoxy) is 1. The number of aromatic amines is 1. The third-order valence-corrected chi connectivity index (χ3v) is 2.41. The lowest BCUT2D eigenvalue weighted by Crippen LogP contribution is -2.24. The lowest BCUT2D eigenvalue weighted by atomic mass is 10.2. The Labute approximate surface area is 107 Å². The Bertz CT molecular complexity index is 572. The second-order valence-corrected chi connectivity index (χ2v) is 5.54. The van der Waals surface area contributed by atoms with E-state index >= 15 is 0 Å². The number of nitrogens with zero attached hydrogens (tertiary/aromatic N) is 2. The minimum absolute atomic E-state index is 0.253. The van der Waals surface area contributed by atoms with Gasteiger partial charge < -0.3 is 4.74 Å². The first-order chi connectivity index (χ1) is 7.87. The number of hydrogen-bond acceptors (Lipinski definition) is 4. The molecule has 0 aliphatic heterocycles. The van der Waals surface area contributed by atoms with Crippen molar-refractivity contribution in [2.45, 2.75) is 26.4 Å². The van der Waals surface area contributed by atoms with E-state index in [1.165, 1.54) is 0 Å². The summed E-state index contributed by atoms with van der Waals surface area (Å²) < 4.78 is 6.05. The second-order valence-electron chi connectivity index (χ2n) is 4.62. The Kier molecular flexibility index (Phi) is 2.91. The van der Waals surface area contributed by atoms with Crippen molar-refractivity contribution in [1.29, 1.82) is 0 Å². The molecule has 2 rings (SSSR count). The Hall–Kier alpha value is -1.43. The zero-order valence-electron chi connectivity index (χ0n) is 9.74. The van der Waals surface area contributed by atoms with Gasteiger partial charge in [-0.25, -0.2) is 9.78 Å². The topological polar surface area (TPSA) is 67.9 Å². The van der Waals surface area contributed by atoms with E-state index < -0.39 is 11.6 Å². The van der Waals surface area contributed by atoms with E-state index in [4.69, 9.17) is 4.74 Å². The van der Waals surface area contributed by atoms with E-state index in [1.807, 2.05) is 20.8 Å². The number of nitrogens with one attached hydrogen (secondary N) is 1. The fourth-order valence-electron chi connectivity index (χ4n) is 1.36. The summed E-state index contributed by atoms with van der Waals surface area (Å²) in [4.78, 5) is 16.0. The number of carbonyl (C=O) groups is 1. The van der Waals surface area contributed by atoms with Crippen LogP contribution in [0.3, 0.4) is 0 Å². The monoisotopic (exact) mass is 297 g/mol. The largest absolute Gasteiger partial charge is 0.455 e. The van der Waals surface area contributed by atoms with Crippen molar-refractivity contribution < 1.29 is 9.53 Å². The van der Waals surface area contributed by atoms with Crippen LogP contribution in [0.5, 0.6) is 0 Å². The van der Waals surface area contributed by atoms with Gasteiger partial charge in [-0.1, -0.05) is 0 Å². The first-order valence-corrected chi connectivity index (χ1v) is 5.89. The highest BCUT2D eigenvalue weighted by Gasteiger charge is 2.22. The predicted octanol–water partition coefficient (Wildman–Crippen LogP) is 2.68. The molecule has 2 aromatic rings. The maximum atomic E-state index is 11.9. The van der Waals surface area contributed by atoms with Gasteiger partial charge in [-0.2, -0.15) is 5.10 Å².